The molecule has 0 radical (unpaired) electrons. The summed E-state index contributed by atoms with van der Waals surface area (Å²) in [5.41, 5.74) is 40.5. The largest absolute Gasteiger partial charge is 0.311 e. The molecule has 74 heavy (non-hydrogen) atoms. The molecule has 0 fully saturated rings. The van der Waals surface area contributed by atoms with Crippen LogP contribution in [0.2, 0.25) is 0 Å². The first-order chi connectivity index (χ1) is 35.3. The normalized spacial score (nSPS) is 12.5. The molecular formula is C70H70BN3. The number of hydrogen-bond acceptors (Lipinski definition) is 3. The van der Waals surface area contributed by atoms with Gasteiger partial charge in [0.1, 0.15) is 0 Å². The summed E-state index contributed by atoms with van der Waals surface area (Å²) in [6, 6.07) is 52.6. The Hall–Kier alpha value is -7.56. The van der Waals surface area contributed by atoms with Gasteiger partial charge in [0.2, 0.25) is 0 Å². The van der Waals surface area contributed by atoms with Crippen LogP contribution in [0.3, 0.4) is 0 Å². The maximum Gasteiger partial charge on any atom is 0.252 e. The summed E-state index contributed by atoms with van der Waals surface area (Å²) < 4.78 is 0. The van der Waals surface area contributed by atoms with Crippen molar-refractivity contribution in [3.05, 3.63) is 222 Å². The lowest BCUT2D eigenvalue weighted by Gasteiger charge is -2.45. The molecule has 3 nitrogen and oxygen atoms in total. The van der Waals surface area contributed by atoms with Gasteiger partial charge < -0.3 is 14.7 Å². The summed E-state index contributed by atoms with van der Waals surface area (Å²) in [7, 11) is 0. The van der Waals surface area contributed by atoms with E-state index in [4.69, 9.17) is 0 Å². The Balaban J connectivity index is 1.20. The van der Waals surface area contributed by atoms with Crippen LogP contribution in [0.15, 0.2) is 133 Å². The van der Waals surface area contributed by atoms with Crippen molar-refractivity contribution in [2.45, 2.75) is 111 Å². The van der Waals surface area contributed by atoms with Gasteiger partial charge in [0.15, 0.2) is 0 Å². The van der Waals surface area contributed by atoms with Crippen molar-refractivity contribution in [3.63, 3.8) is 0 Å². The maximum atomic E-state index is 2.60. The van der Waals surface area contributed by atoms with Gasteiger partial charge in [0, 0.05) is 51.2 Å². The highest BCUT2D eigenvalue weighted by atomic mass is 15.2. The topological polar surface area (TPSA) is 9.72 Å². The Kier molecular flexibility index (Phi) is 11.9. The third-order valence-corrected chi connectivity index (χ3v) is 17.6. The van der Waals surface area contributed by atoms with Crippen molar-refractivity contribution >= 4 is 74.3 Å². The molecule has 0 bridgehead atoms. The molecule has 2 aliphatic rings. The SMILES string of the molecule is Cc1cc2c3c(c1)N(c1cc(C)c(C)c(C)c1)c1cc(N(c4cc(C)c(C)c(C)c4)c4cc(C)c(C)c(C)c4)ccc1B3c1cc(-c3cc(C)c(C)c(C)c3)ccc1N2c1ccc(-c2cc(C)c(C)c(C)c2)cc1. The molecule has 11 rings (SSSR count). The molecule has 4 heteroatoms. The lowest BCUT2D eigenvalue weighted by molar-refractivity contribution is 1.18. The zero-order valence-corrected chi connectivity index (χ0v) is 46.6. The lowest BCUT2D eigenvalue weighted by atomic mass is 9.33. The molecule has 0 spiro atoms. The third-order valence-electron chi connectivity index (χ3n) is 17.6. The van der Waals surface area contributed by atoms with Crippen LogP contribution in [0.1, 0.15) is 89.0 Å². The average molecular weight is 964 g/mol. The van der Waals surface area contributed by atoms with Gasteiger partial charge in [0.25, 0.3) is 6.71 Å². The standard InChI is InChI=1S/C70H70BN3/c1-39-25-68-70-69(26-39)74(63-35-48(10)54(16)49(11)36-63)67-38-60(72(61-31-44(6)52(14)45(7)32-61)62-33-46(8)53(15)47(9)34-62)22-23-64(67)71(70)65-37-56(58-29-42(4)51(13)43(5)30-58)19-24-66(65)73(68)59-20-17-55(18-21-59)57-27-40(2)50(12)41(3)28-57/h17-38H,1-16H3. The smallest absolute Gasteiger partial charge is 0.252 e. The molecule has 0 unspecified atom stereocenters. The molecule has 0 N–H and O–H groups in total. The highest BCUT2D eigenvalue weighted by Crippen LogP contribution is 2.48. The predicted molar refractivity (Wildman–Crippen MR) is 322 cm³/mol. The van der Waals surface area contributed by atoms with Gasteiger partial charge in [-0.3, -0.25) is 0 Å². The van der Waals surface area contributed by atoms with Crippen molar-refractivity contribution in [2.24, 2.45) is 0 Å². The van der Waals surface area contributed by atoms with Crippen LogP contribution < -0.4 is 31.1 Å². The molecule has 0 atom stereocenters. The lowest BCUT2D eigenvalue weighted by Crippen LogP contribution is -2.61. The Morgan fingerprint density at radius 2 is 0.689 bits per heavy atom. The second-order valence-electron chi connectivity index (χ2n) is 22.3. The molecule has 0 amide bonds. The van der Waals surface area contributed by atoms with Crippen LogP contribution >= 0.6 is 0 Å². The Morgan fingerprint density at radius 3 is 1.16 bits per heavy atom. The second kappa shape index (κ2) is 18.1. The van der Waals surface area contributed by atoms with Crippen LogP contribution in [0.25, 0.3) is 22.3 Å². The van der Waals surface area contributed by atoms with Crippen LogP contribution in [0.5, 0.6) is 0 Å². The number of aryl methyl sites for hydroxylation is 11. The highest BCUT2D eigenvalue weighted by molar-refractivity contribution is 7.00. The summed E-state index contributed by atoms with van der Waals surface area (Å²) in [6.07, 6.45) is 0. The molecule has 9 aromatic carbocycles. The van der Waals surface area contributed by atoms with Gasteiger partial charge >= 0.3 is 0 Å². The van der Waals surface area contributed by atoms with Crippen molar-refractivity contribution in [1.29, 1.82) is 0 Å². The minimum atomic E-state index is -0.0497. The number of fused-ring (bicyclic) bond motifs is 4. The fourth-order valence-electron chi connectivity index (χ4n) is 12.1. The first-order valence-electron chi connectivity index (χ1n) is 26.6. The summed E-state index contributed by atoms with van der Waals surface area (Å²) in [4.78, 5) is 7.65. The fourth-order valence-corrected chi connectivity index (χ4v) is 12.1. The van der Waals surface area contributed by atoms with Gasteiger partial charge in [-0.1, -0.05) is 54.6 Å². The van der Waals surface area contributed by atoms with Crippen molar-refractivity contribution < 1.29 is 0 Å². The fraction of sp³-hybridized carbons (Fsp3) is 0.229. The van der Waals surface area contributed by atoms with Gasteiger partial charge in [-0.2, -0.15) is 0 Å². The molecule has 2 heterocycles. The van der Waals surface area contributed by atoms with E-state index in [1.54, 1.807) is 0 Å². The number of anilines is 9. The number of nitrogens with zero attached hydrogens (tertiary/aromatic N) is 3. The molecule has 0 saturated carbocycles. The van der Waals surface area contributed by atoms with Gasteiger partial charge in [0.05, 0.1) is 0 Å². The van der Waals surface area contributed by atoms with E-state index < -0.39 is 0 Å². The van der Waals surface area contributed by atoms with Crippen molar-refractivity contribution in [2.75, 3.05) is 14.7 Å². The molecular weight excluding hydrogens is 894 g/mol. The molecule has 0 saturated heterocycles. The number of hydrogen-bond donors (Lipinski definition) is 0. The van der Waals surface area contributed by atoms with Crippen molar-refractivity contribution in [3.8, 4) is 22.3 Å². The second-order valence-corrected chi connectivity index (χ2v) is 22.3. The van der Waals surface area contributed by atoms with Crippen LogP contribution in [-0.4, -0.2) is 6.71 Å². The Labute approximate surface area is 442 Å². The number of rotatable bonds is 7. The molecule has 9 aromatic rings. The highest BCUT2D eigenvalue weighted by Gasteiger charge is 2.44. The molecule has 0 aromatic heterocycles. The Morgan fingerprint density at radius 1 is 0.284 bits per heavy atom. The van der Waals surface area contributed by atoms with Crippen LogP contribution in [0, 0.1) is 111 Å². The minimum absolute atomic E-state index is 0.0497. The molecule has 368 valence electrons. The quantitative estimate of drug-likeness (QED) is 0.147. The zero-order valence-electron chi connectivity index (χ0n) is 46.6. The first kappa shape index (κ1) is 48.7. The van der Waals surface area contributed by atoms with Gasteiger partial charge in [-0.25, -0.2) is 0 Å². The maximum absolute atomic E-state index is 2.60. The van der Waals surface area contributed by atoms with E-state index in [9.17, 15) is 0 Å². The van der Waals surface area contributed by atoms with Crippen LogP contribution in [0.4, 0.5) is 51.2 Å². The van der Waals surface area contributed by atoms with Crippen molar-refractivity contribution in [1.82, 2.24) is 0 Å². The van der Waals surface area contributed by atoms with E-state index in [0.717, 1.165) is 11.4 Å². The summed E-state index contributed by atoms with van der Waals surface area (Å²) in [5.74, 6) is 0. The minimum Gasteiger partial charge on any atom is -0.311 e. The van der Waals surface area contributed by atoms with Crippen LogP contribution in [-0.2, 0) is 0 Å². The van der Waals surface area contributed by atoms with E-state index in [1.165, 1.54) is 167 Å². The van der Waals surface area contributed by atoms with E-state index in [-0.39, 0.29) is 6.71 Å². The number of benzene rings is 9. The van der Waals surface area contributed by atoms with E-state index in [1.807, 2.05) is 0 Å². The first-order valence-corrected chi connectivity index (χ1v) is 26.6. The summed E-state index contributed by atoms with van der Waals surface area (Å²) >= 11 is 0. The van der Waals surface area contributed by atoms with E-state index in [0.29, 0.717) is 0 Å². The average Bonchev–Trinajstić information content (AvgIpc) is 3.36. The molecule has 0 aliphatic carbocycles. The third kappa shape index (κ3) is 7.97. The summed E-state index contributed by atoms with van der Waals surface area (Å²) in [6.45, 7) is 35.9. The Bertz CT molecular complexity index is 3640. The van der Waals surface area contributed by atoms with Gasteiger partial charge in [-0.15, -0.1) is 0 Å². The van der Waals surface area contributed by atoms with E-state index in [2.05, 4.69) is 259 Å². The summed E-state index contributed by atoms with van der Waals surface area (Å²) in [5, 5.41) is 0. The predicted octanol–water partition coefficient (Wildman–Crippen LogP) is 17.5. The zero-order chi connectivity index (χ0) is 52.3. The molecule has 2 aliphatic heterocycles. The van der Waals surface area contributed by atoms with E-state index >= 15 is 0 Å². The van der Waals surface area contributed by atoms with Gasteiger partial charge in [-0.05, 0) is 317 Å². The monoisotopic (exact) mass is 964 g/mol.